The van der Waals surface area contributed by atoms with Crippen molar-refractivity contribution in [3.05, 3.63) is 52.9 Å². The number of nitrogens with zero attached hydrogens (tertiary/aromatic N) is 4. The molecule has 10 nitrogen and oxygen atoms in total. The fourth-order valence-electron chi connectivity index (χ4n) is 4.91. The van der Waals surface area contributed by atoms with Gasteiger partial charge in [-0.1, -0.05) is 18.2 Å². The van der Waals surface area contributed by atoms with E-state index in [9.17, 15) is 10.1 Å². The minimum Gasteiger partial charge on any atom is -0.493 e. The maximum Gasteiger partial charge on any atom is 0.266 e. The first-order chi connectivity index (χ1) is 18.9. The van der Waals surface area contributed by atoms with Gasteiger partial charge in [0.05, 0.1) is 27.0 Å². The fraction of sp³-hybridized carbons (Fsp3) is 0.250. The number of carbonyl (C=O) groups is 1. The van der Waals surface area contributed by atoms with Gasteiger partial charge in [0.2, 0.25) is 5.75 Å². The van der Waals surface area contributed by atoms with Crippen molar-refractivity contribution in [2.24, 2.45) is 0 Å². The summed E-state index contributed by atoms with van der Waals surface area (Å²) in [6, 6.07) is 15.7. The molecule has 1 fully saturated rings. The number of nitrogens with two attached hydrogens (primary N) is 2. The van der Waals surface area contributed by atoms with Crippen LogP contribution in [0.3, 0.4) is 0 Å². The summed E-state index contributed by atoms with van der Waals surface area (Å²) in [6.07, 6.45) is 0. The van der Waals surface area contributed by atoms with Gasteiger partial charge < -0.3 is 35.5 Å². The molecule has 0 atom stereocenters. The van der Waals surface area contributed by atoms with Gasteiger partial charge >= 0.3 is 0 Å². The smallest absolute Gasteiger partial charge is 0.266 e. The number of hydrogen-bond donors (Lipinski definition) is 2. The molecule has 0 bridgehead atoms. The van der Waals surface area contributed by atoms with Crippen LogP contribution in [-0.4, -0.2) is 63.3 Å². The zero-order valence-corrected chi connectivity index (χ0v) is 22.7. The second kappa shape index (κ2) is 10.6. The maximum atomic E-state index is 13.7. The van der Waals surface area contributed by atoms with Crippen LogP contribution in [0, 0.1) is 11.3 Å². The summed E-state index contributed by atoms with van der Waals surface area (Å²) in [5.74, 6) is 1.09. The number of carbonyl (C=O) groups excluding carboxylic acids is 1. The van der Waals surface area contributed by atoms with Crippen LogP contribution in [0.4, 0.5) is 17.2 Å². The Bertz CT molecular complexity index is 1560. The van der Waals surface area contributed by atoms with E-state index in [1.165, 1.54) is 32.7 Å². The van der Waals surface area contributed by atoms with E-state index < -0.39 is 0 Å². The quantitative estimate of drug-likeness (QED) is 0.369. The summed E-state index contributed by atoms with van der Waals surface area (Å²) in [5, 5.41) is 10.5. The molecule has 2 aromatic carbocycles. The lowest BCUT2D eigenvalue weighted by Crippen LogP contribution is -2.48. The van der Waals surface area contributed by atoms with Gasteiger partial charge in [0.15, 0.2) is 11.5 Å². The molecule has 0 unspecified atom stereocenters. The van der Waals surface area contributed by atoms with Crippen LogP contribution in [0.15, 0.2) is 42.5 Å². The van der Waals surface area contributed by atoms with E-state index in [0.717, 1.165) is 5.69 Å². The summed E-state index contributed by atoms with van der Waals surface area (Å²) in [5.41, 5.74) is 15.4. The molecule has 0 radical (unpaired) electrons. The highest BCUT2D eigenvalue weighted by Gasteiger charge is 2.29. The lowest BCUT2D eigenvalue weighted by molar-refractivity contribution is 0.0752. The van der Waals surface area contributed by atoms with Crippen molar-refractivity contribution in [3.63, 3.8) is 0 Å². The van der Waals surface area contributed by atoms with Gasteiger partial charge in [0, 0.05) is 42.8 Å². The Morgan fingerprint density at radius 3 is 2.21 bits per heavy atom. The maximum absolute atomic E-state index is 13.7. The molecule has 1 amide bonds. The molecule has 2 aromatic heterocycles. The zero-order valence-electron chi connectivity index (χ0n) is 21.9. The second-order valence-corrected chi connectivity index (χ2v) is 9.91. The van der Waals surface area contributed by atoms with E-state index in [1.807, 2.05) is 18.2 Å². The number of fused-ring (bicyclic) bond motifs is 1. The molecule has 4 N–H and O–H groups in total. The highest BCUT2D eigenvalue weighted by molar-refractivity contribution is 7.21. The number of nitrogen functional groups attached to an aromatic ring is 2. The number of rotatable bonds is 6. The number of aromatic nitrogens is 1. The van der Waals surface area contributed by atoms with Crippen molar-refractivity contribution in [3.8, 4) is 34.4 Å². The molecule has 11 heteroatoms. The van der Waals surface area contributed by atoms with Crippen molar-refractivity contribution < 1.29 is 19.0 Å². The molecule has 4 aromatic rings. The molecule has 0 aliphatic carbocycles. The first kappa shape index (κ1) is 25.9. The number of ether oxygens (including phenoxy) is 3. The Morgan fingerprint density at radius 2 is 1.64 bits per heavy atom. The third-order valence-corrected chi connectivity index (χ3v) is 7.94. The lowest BCUT2D eigenvalue weighted by atomic mass is 9.96. The molecule has 0 saturated carbocycles. The van der Waals surface area contributed by atoms with Crippen molar-refractivity contribution in [1.29, 1.82) is 5.26 Å². The second-order valence-electron chi connectivity index (χ2n) is 8.91. The van der Waals surface area contributed by atoms with E-state index in [2.05, 4.69) is 28.1 Å². The minimum absolute atomic E-state index is 0.0467. The predicted molar refractivity (Wildman–Crippen MR) is 153 cm³/mol. The number of benzene rings is 2. The Hall–Kier alpha value is -4.69. The Kier molecular flexibility index (Phi) is 7.04. The van der Waals surface area contributed by atoms with Gasteiger partial charge in [-0.2, -0.15) is 5.26 Å². The molecule has 1 saturated heterocycles. The largest absolute Gasteiger partial charge is 0.493 e. The number of nitriles is 1. The summed E-state index contributed by atoms with van der Waals surface area (Å²) >= 11 is 1.18. The third-order valence-electron chi connectivity index (χ3n) is 6.85. The van der Waals surface area contributed by atoms with Gasteiger partial charge in [-0.15, -0.1) is 11.3 Å². The van der Waals surface area contributed by atoms with Crippen LogP contribution < -0.4 is 30.6 Å². The highest BCUT2D eigenvalue weighted by Crippen LogP contribution is 2.47. The van der Waals surface area contributed by atoms with Crippen molar-refractivity contribution in [1.82, 2.24) is 9.88 Å². The molecule has 0 spiro atoms. The van der Waals surface area contributed by atoms with Crippen LogP contribution in [-0.2, 0) is 0 Å². The Labute approximate surface area is 229 Å². The predicted octanol–water partition coefficient (Wildman–Crippen LogP) is 3.99. The Morgan fingerprint density at radius 1 is 1.00 bits per heavy atom. The van der Waals surface area contributed by atoms with Gasteiger partial charge in [0.1, 0.15) is 27.2 Å². The van der Waals surface area contributed by atoms with Crippen LogP contribution in [0.25, 0.3) is 21.3 Å². The van der Waals surface area contributed by atoms with Gasteiger partial charge in [0.25, 0.3) is 5.91 Å². The minimum atomic E-state index is -0.170. The molecule has 5 rings (SSSR count). The van der Waals surface area contributed by atoms with E-state index in [0.29, 0.717) is 69.6 Å². The van der Waals surface area contributed by atoms with Crippen molar-refractivity contribution >= 4 is 44.7 Å². The molecule has 1 aliphatic rings. The fourth-order valence-corrected chi connectivity index (χ4v) is 5.99. The van der Waals surface area contributed by atoms with Crippen molar-refractivity contribution in [2.75, 3.05) is 63.9 Å². The molecule has 3 heterocycles. The highest BCUT2D eigenvalue weighted by atomic mass is 32.1. The third kappa shape index (κ3) is 4.49. The number of hydrogen-bond acceptors (Lipinski definition) is 10. The molecular weight excluding hydrogens is 516 g/mol. The average Bonchev–Trinajstić information content (AvgIpc) is 3.30. The Balaban J connectivity index is 1.57. The van der Waals surface area contributed by atoms with Crippen LogP contribution in [0.1, 0.15) is 15.2 Å². The number of anilines is 3. The van der Waals surface area contributed by atoms with E-state index in [1.54, 1.807) is 17.0 Å². The summed E-state index contributed by atoms with van der Waals surface area (Å²) < 4.78 is 16.5. The first-order valence-electron chi connectivity index (χ1n) is 12.2. The summed E-state index contributed by atoms with van der Waals surface area (Å²) in [6.45, 7) is 2.53. The molecular formula is C28H28N6O4S. The van der Waals surface area contributed by atoms with E-state index in [-0.39, 0.29) is 23.0 Å². The number of amides is 1. The van der Waals surface area contributed by atoms with Crippen LogP contribution in [0.2, 0.25) is 0 Å². The topological polar surface area (TPSA) is 140 Å². The number of piperazine rings is 1. The van der Waals surface area contributed by atoms with Crippen molar-refractivity contribution in [2.45, 2.75) is 0 Å². The SMILES string of the molecule is COc1cc(-c2c(C#N)c(N)nc3sc(C(=O)N4CCN(c5ccccc5)CC4)c(N)c23)cc(OC)c1OC. The number of para-hydroxylation sites is 1. The molecule has 200 valence electrons. The van der Waals surface area contributed by atoms with E-state index in [4.69, 9.17) is 25.7 Å². The molecule has 1 aliphatic heterocycles. The summed E-state index contributed by atoms with van der Waals surface area (Å²) in [7, 11) is 4.53. The van der Waals surface area contributed by atoms with Gasteiger partial charge in [-0.25, -0.2) is 4.98 Å². The van der Waals surface area contributed by atoms with Crippen LogP contribution in [0.5, 0.6) is 17.2 Å². The number of pyridine rings is 1. The standard InChI is InChI=1S/C28H28N6O4S/c1-36-19-13-16(14-20(37-2)24(19)38-3)21-18(15-29)26(31)32-27-22(21)23(30)25(39-27)28(35)34-11-9-33(10-12-34)17-7-5-4-6-8-17/h4-8,13-14H,9-12,30H2,1-3H3,(H2,31,32). The summed E-state index contributed by atoms with van der Waals surface area (Å²) in [4.78, 5) is 23.0. The average molecular weight is 545 g/mol. The lowest BCUT2D eigenvalue weighted by Gasteiger charge is -2.36. The van der Waals surface area contributed by atoms with Crippen LogP contribution >= 0.6 is 11.3 Å². The molecule has 39 heavy (non-hydrogen) atoms. The zero-order chi connectivity index (χ0) is 27.7. The van der Waals surface area contributed by atoms with E-state index >= 15 is 0 Å². The normalized spacial score (nSPS) is 13.3. The number of methoxy groups -OCH3 is 3. The monoisotopic (exact) mass is 544 g/mol. The number of thiophene rings is 1. The first-order valence-corrected chi connectivity index (χ1v) is 13.0. The van der Waals surface area contributed by atoms with Gasteiger partial charge in [-0.3, -0.25) is 4.79 Å². The van der Waals surface area contributed by atoms with Gasteiger partial charge in [-0.05, 0) is 29.8 Å².